The van der Waals surface area contributed by atoms with Crippen LogP contribution < -0.4 is 10.6 Å². The second-order valence-corrected chi connectivity index (χ2v) is 6.19. The maximum Gasteiger partial charge on any atom is 0.335 e. The molecule has 4 unspecified atom stereocenters. The fourth-order valence-corrected chi connectivity index (χ4v) is 3.88. The molecule has 0 heterocycles. The number of aromatic carboxylic acids is 1. The highest BCUT2D eigenvalue weighted by Gasteiger charge is 2.49. The fraction of sp³-hybridized carbons (Fsp3) is 0.500. The Morgan fingerprint density at radius 3 is 2.33 bits per heavy atom. The van der Waals surface area contributed by atoms with Gasteiger partial charge in [0, 0.05) is 18.8 Å². The van der Waals surface area contributed by atoms with Crippen LogP contribution in [0.3, 0.4) is 0 Å². The summed E-state index contributed by atoms with van der Waals surface area (Å²) in [6.07, 6.45) is 3.32. The van der Waals surface area contributed by atoms with Gasteiger partial charge < -0.3 is 15.7 Å². The first kappa shape index (κ1) is 14.1. The Morgan fingerprint density at radius 2 is 1.81 bits per heavy atom. The molecule has 0 aromatic heterocycles. The molecular formula is C16H20N2O3. The number of nitrogens with zero attached hydrogens (tertiary/aromatic N) is 1. The molecule has 5 heteroatoms. The highest BCUT2D eigenvalue weighted by molar-refractivity contribution is 5.96. The molecule has 0 saturated heterocycles. The number of amides is 1. The molecule has 4 atom stereocenters. The molecule has 1 amide bonds. The summed E-state index contributed by atoms with van der Waals surface area (Å²) in [6.45, 7) is 0. The second kappa shape index (κ2) is 5.15. The van der Waals surface area contributed by atoms with Crippen molar-refractivity contribution in [2.24, 2.45) is 23.5 Å². The number of fused-ring (bicyclic) bond motifs is 2. The minimum absolute atomic E-state index is 0.0306. The zero-order valence-electron chi connectivity index (χ0n) is 12.0. The normalized spacial score (nSPS) is 30.4. The van der Waals surface area contributed by atoms with E-state index in [-0.39, 0.29) is 23.4 Å². The Kier molecular flexibility index (Phi) is 3.45. The van der Waals surface area contributed by atoms with E-state index in [1.54, 1.807) is 24.1 Å². The lowest BCUT2D eigenvalue weighted by Gasteiger charge is -2.30. The van der Waals surface area contributed by atoms with Gasteiger partial charge in [0.25, 0.3) is 0 Å². The van der Waals surface area contributed by atoms with Gasteiger partial charge in [-0.05, 0) is 55.4 Å². The smallest absolute Gasteiger partial charge is 0.335 e. The minimum atomic E-state index is -0.967. The molecule has 2 saturated carbocycles. The van der Waals surface area contributed by atoms with Crippen LogP contribution in [0.4, 0.5) is 5.69 Å². The van der Waals surface area contributed by atoms with Crippen molar-refractivity contribution in [1.29, 1.82) is 0 Å². The highest BCUT2D eigenvalue weighted by atomic mass is 16.4. The summed E-state index contributed by atoms with van der Waals surface area (Å²) in [5.41, 5.74) is 7.15. The number of carbonyl (C=O) groups excluding carboxylic acids is 1. The Balaban J connectivity index is 1.77. The zero-order chi connectivity index (χ0) is 15.1. The Bertz CT molecular complexity index is 567. The Hall–Kier alpha value is -1.88. The lowest BCUT2D eigenvalue weighted by Crippen LogP contribution is -2.46. The Morgan fingerprint density at radius 1 is 1.19 bits per heavy atom. The van der Waals surface area contributed by atoms with E-state index in [2.05, 4.69) is 0 Å². The molecule has 2 fully saturated rings. The summed E-state index contributed by atoms with van der Waals surface area (Å²) < 4.78 is 0. The van der Waals surface area contributed by atoms with Gasteiger partial charge in [-0.2, -0.15) is 0 Å². The number of rotatable bonds is 3. The largest absolute Gasteiger partial charge is 0.478 e. The average Bonchev–Trinajstić information content (AvgIpc) is 3.07. The first-order chi connectivity index (χ1) is 9.99. The van der Waals surface area contributed by atoms with E-state index in [4.69, 9.17) is 10.8 Å². The van der Waals surface area contributed by atoms with Gasteiger partial charge in [0.2, 0.25) is 5.91 Å². The predicted molar refractivity (Wildman–Crippen MR) is 79.1 cm³/mol. The van der Waals surface area contributed by atoms with Crippen molar-refractivity contribution in [3.63, 3.8) is 0 Å². The maximum atomic E-state index is 12.7. The average molecular weight is 288 g/mol. The van der Waals surface area contributed by atoms with Crippen molar-refractivity contribution in [2.75, 3.05) is 11.9 Å². The van der Waals surface area contributed by atoms with Crippen LogP contribution in [-0.2, 0) is 4.79 Å². The lowest BCUT2D eigenvalue weighted by atomic mass is 9.84. The molecule has 2 aliphatic carbocycles. The molecule has 5 nitrogen and oxygen atoms in total. The minimum Gasteiger partial charge on any atom is -0.478 e. The second-order valence-electron chi connectivity index (χ2n) is 6.19. The van der Waals surface area contributed by atoms with Crippen molar-refractivity contribution < 1.29 is 14.7 Å². The first-order valence-corrected chi connectivity index (χ1v) is 7.35. The molecule has 3 N–H and O–H groups in total. The van der Waals surface area contributed by atoms with Crippen molar-refractivity contribution >= 4 is 17.6 Å². The molecule has 2 aliphatic rings. The lowest BCUT2D eigenvalue weighted by molar-refractivity contribution is -0.124. The van der Waals surface area contributed by atoms with Crippen LogP contribution in [0.5, 0.6) is 0 Å². The number of carbonyl (C=O) groups is 2. The van der Waals surface area contributed by atoms with Crippen LogP contribution in [0.15, 0.2) is 24.3 Å². The van der Waals surface area contributed by atoms with Crippen LogP contribution in [-0.4, -0.2) is 30.1 Å². The van der Waals surface area contributed by atoms with Crippen LogP contribution >= 0.6 is 0 Å². The van der Waals surface area contributed by atoms with Crippen LogP contribution in [0, 0.1) is 17.8 Å². The van der Waals surface area contributed by atoms with Crippen LogP contribution in [0.25, 0.3) is 0 Å². The monoisotopic (exact) mass is 288 g/mol. The molecule has 1 aromatic carbocycles. The topological polar surface area (TPSA) is 83.6 Å². The quantitative estimate of drug-likeness (QED) is 0.887. The van der Waals surface area contributed by atoms with Gasteiger partial charge in [-0.25, -0.2) is 4.79 Å². The summed E-state index contributed by atoms with van der Waals surface area (Å²) in [4.78, 5) is 25.2. The molecule has 2 bridgehead atoms. The third kappa shape index (κ3) is 2.31. The molecule has 0 spiro atoms. The van der Waals surface area contributed by atoms with E-state index in [9.17, 15) is 9.59 Å². The summed E-state index contributed by atoms with van der Waals surface area (Å²) in [5, 5.41) is 8.91. The van der Waals surface area contributed by atoms with E-state index in [1.165, 1.54) is 12.1 Å². The standard InChI is InChI=1S/C16H20N2O3/c1-18(12-6-4-9(5-7-12)16(20)21)15(19)13-10-2-3-11(8-10)14(13)17/h4-7,10-11,13-14H,2-3,8,17H2,1H3,(H,20,21). The molecule has 3 rings (SSSR count). The first-order valence-electron chi connectivity index (χ1n) is 7.35. The maximum absolute atomic E-state index is 12.7. The van der Waals surface area contributed by atoms with Gasteiger partial charge in [-0.3, -0.25) is 4.79 Å². The van der Waals surface area contributed by atoms with Gasteiger partial charge in [0.15, 0.2) is 0 Å². The van der Waals surface area contributed by atoms with Gasteiger partial charge in [-0.15, -0.1) is 0 Å². The van der Waals surface area contributed by atoms with Crippen molar-refractivity contribution in [3.8, 4) is 0 Å². The van der Waals surface area contributed by atoms with Gasteiger partial charge in [0.05, 0.1) is 11.5 Å². The molecule has 0 aliphatic heterocycles. The fourth-order valence-electron chi connectivity index (χ4n) is 3.88. The van der Waals surface area contributed by atoms with Crippen molar-refractivity contribution in [1.82, 2.24) is 0 Å². The number of carboxylic acids is 1. The van der Waals surface area contributed by atoms with Crippen molar-refractivity contribution in [3.05, 3.63) is 29.8 Å². The number of hydrogen-bond acceptors (Lipinski definition) is 3. The number of hydrogen-bond donors (Lipinski definition) is 2. The summed E-state index contributed by atoms with van der Waals surface area (Å²) in [7, 11) is 1.73. The third-order valence-electron chi connectivity index (χ3n) is 5.10. The van der Waals surface area contributed by atoms with E-state index in [0.29, 0.717) is 17.5 Å². The van der Waals surface area contributed by atoms with E-state index in [1.807, 2.05) is 0 Å². The summed E-state index contributed by atoms with van der Waals surface area (Å²) in [5.74, 6) is -0.0960. The van der Waals surface area contributed by atoms with E-state index < -0.39 is 5.97 Å². The highest BCUT2D eigenvalue weighted by Crippen LogP contribution is 2.48. The molecule has 21 heavy (non-hydrogen) atoms. The van der Waals surface area contributed by atoms with Gasteiger partial charge in [0.1, 0.15) is 0 Å². The predicted octanol–water partition coefficient (Wildman–Crippen LogP) is 1.72. The summed E-state index contributed by atoms with van der Waals surface area (Å²) in [6, 6.07) is 6.34. The number of anilines is 1. The van der Waals surface area contributed by atoms with Gasteiger partial charge >= 0.3 is 5.97 Å². The third-order valence-corrected chi connectivity index (χ3v) is 5.10. The van der Waals surface area contributed by atoms with E-state index in [0.717, 1.165) is 19.3 Å². The number of carboxylic acid groups (broad SMARTS) is 1. The molecule has 1 aromatic rings. The SMILES string of the molecule is CN(C(=O)C1C2CCC(C2)C1N)c1ccc(C(=O)O)cc1. The zero-order valence-corrected chi connectivity index (χ0v) is 12.0. The summed E-state index contributed by atoms with van der Waals surface area (Å²) >= 11 is 0. The van der Waals surface area contributed by atoms with E-state index >= 15 is 0 Å². The number of benzene rings is 1. The van der Waals surface area contributed by atoms with Crippen LogP contribution in [0.2, 0.25) is 0 Å². The van der Waals surface area contributed by atoms with Crippen molar-refractivity contribution in [2.45, 2.75) is 25.3 Å². The van der Waals surface area contributed by atoms with Crippen LogP contribution in [0.1, 0.15) is 29.6 Å². The molecular weight excluding hydrogens is 268 g/mol. The molecule has 0 radical (unpaired) electrons. The Labute approximate surface area is 123 Å². The van der Waals surface area contributed by atoms with Gasteiger partial charge in [-0.1, -0.05) is 0 Å². The molecule has 112 valence electrons. The number of nitrogens with two attached hydrogens (primary N) is 1.